The highest BCUT2D eigenvalue weighted by Gasteiger charge is 2.16. The van der Waals surface area contributed by atoms with Gasteiger partial charge in [0.25, 0.3) is 5.91 Å². The molecule has 7 nitrogen and oxygen atoms in total. The summed E-state index contributed by atoms with van der Waals surface area (Å²) in [6.45, 7) is 1.67. The summed E-state index contributed by atoms with van der Waals surface area (Å²) < 4.78 is 7.37. The van der Waals surface area contributed by atoms with Gasteiger partial charge in [-0.05, 0) is 67.6 Å². The topological polar surface area (TPSA) is 85.6 Å². The van der Waals surface area contributed by atoms with E-state index < -0.39 is 0 Å². The number of ketones is 1. The molecule has 1 amide bonds. The van der Waals surface area contributed by atoms with Crippen LogP contribution in [0, 0.1) is 0 Å². The average molecular weight is 435 g/mol. The first kappa shape index (κ1) is 20.6. The second kappa shape index (κ2) is 8.97. The molecule has 2 aromatic carbocycles. The summed E-state index contributed by atoms with van der Waals surface area (Å²) in [5, 5.41) is 11.6. The number of ether oxygens (including phenoxy) is 1. The first-order valence-electron chi connectivity index (χ1n) is 9.63. The van der Waals surface area contributed by atoms with E-state index in [2.05, 4.69) is 15.5 Å². The van der Waals surface area contributed by atoms with Crippen molar-refractivity contribution in [1.29, 1.82) is 0 Å². The van der Waals surface area contributed by atoms with Gasteiger partial charge in [0, 0.05) is 22.3 Å². The standard InChI is InChI=1S/C23H19ClN4O3/c1-15(23-27-26-20-4-2-3-13-28(20)23)25-21(29)14-31-19-11-7-17(8-12-19)22(30)16-5-9-18(24)10-6-16/h2-13,15H,14H2,1H3,(H,25,29). The second-order valence-electron chi connectivity index (χ2n) is 6.93. The zero-order valence-corrected chi connectivity index (χ0v) is 17.4. The predicted molar refractivity (Wildman–Crippen MR) is 116 cm³/mol. The number of hydrogen-bond acceptors (Lipinski definition) is 5. The smallest absolute Gasteiger partial charge is 0.258 e. The van der Waals surface area contributed by atoms with Crippen molar-refractivity contribution in [3.63, 3.8) is 0 Å². The molecule has 31 heavy (non-hydrogen) atoms. The molecular formula is C23H19ClN4O3. The van der Waals surface area contributed by atoms with Gasteiger partial charge >= 0.3 is 0 Å². The first-order valence-corrected chi connectivity index (χ1v) is 10.0. The Kier molecular flexibility index (Phi) is 5.95. The second-order valence-corrected chi connectivity index (χ2v) is 7.36. The molecule has 4 rings (SSSR count). The van der Waals surface area contributed by atoms with E-state index in [1.54, 1.807) is 48.5 Å². The van der Waals surface area contributed by atoms with E-state index in [4.69, 9.17) is 16.3 Å². The highest BCUT2D eigenvalue weighted by molar-refractivity contribution is 6.30. The molecule has 0 fully saturated rings. The maximum absolute atomic E-state index is 12.5. The number of fused-ring (bicyclic) bond motifs is 1. The summed E-state index contributed by atoms with van der Waals surface area (Å²) in [5.41, 5.74) is 1.78. The molecule has 8 heteroatoms. The number of amides is 1. The Morgan fingerprint density at radius 1 is 1.00 bits per heavy atom. The normalized spacial score (nSPS) is 11.8. The van der Waals surface area contributed by atoms with Gasteiger partial charge in [-0.2, -0.15) is 0 Å². The van der Waals surface area contributed by atoms with Gasteiger partial charge in [0.05, 0.1) is 6.04 Å². The monoisotopic (exact) mass is 434 g/mol. The van der Waals surface area contributed by atoms with Gasteiger partial charge in [-0.15, -0.1) is 10.2 Å². The van der Waals surface area contributed by atoms with Crippen LogP contribution < -0.4 is 10.1 Å². The van der Waals surface area contributed by atoms with Crippen LogP contribution in [-0.4, -0.2) is 32.9 Å². The number of nitrogens with one attached hydrogen (secondary N) is 1. The molecule has 0 aliphatic heterocycles. The van der Waals surface area contributed by atoms with E-state index in [0.29, 0.717) is 33.4 Å². The molecule has 0 spiro atoms. The molecule has 0 aliphatic rings. The number of nitrogens with zero attached hydrogens (tertiary/aromatic N) is 3. The number of pyridine rings is 1. The minimum absolute atomic E-state index is 0.115. The Morgan fingerprint density at radius 3 is 2.39 bits per heavy atom. The van der Waals surface area contributed by atoms with E-state index in [1.807, 2.05) is 35.7 Å². The fourth-order valence-electron chi connectivity index (χ4n) is 3.12. The lowest BCUT2D eigenvalue weighted by Crippen LogP contribution is -2.32. The van der Waals surface area contributed by atoms with Crippen LogP contribution in [0.15, 0.2) is 72.9 Å². The molecule has 1 N–H and O–H groups in total. The van der Waals surface area contributed by atoms with Crippen molar-refractivity contribution in [3.05, 3.63) is 94.9 Å². The summed E-state index contributed by atoms with van der Waals surface area (Å²) in [6, 6.07) is 18.6. The van der Waals surface area contributed by atoms with Gasteiger partial charge in [0.1, 0.15) is 5.75 Å². The fraction of sp³-hybridized carbons (Fsp3) is 0.130. The molecule has 1 unspecified atom stereocenters. The van der Waals surface area contributed by atoms with Crippen LogP contribution in [0.4, 0.5) is 0 Å². The summed E-state index contributed by atoms with van der Waals surface area (Å²) >= 11 is 5.86. The lowest BCUT2D eigenvalue weighted by atomic mass is 10.0. The number of rotatable bonds is 7. The maximum atomic E-state index is 12.5. The average Bonchev–Trinajstić information content (AvgIpc) is 3.22. The zero-order valence-electron chi connectivity index (χ0n) is 16.7. The molecule has 156 valence electrons. The van der Waals surface area contributed by atoms with Crippen LogP contribution in [0.3, 0.4) is 0 Å². The third kappa shape index (κ3) is 4.73. The van der Waals surface area contributed by atoms with Crippen molar-refractivity contribution in [2.75, 3.05) is 6.61 Å². The third-order valence-electron chi connectivity index (χ3n) is 4.70. The Balaban J connectivity index is 1.33. The minimum Gasteiger partial charge on any atom is -0.484 e. The SMILES string of the molecule is CC(NC(=O)COc1ccc(C(=O)c2ccc(Cl)cc2)cc1)c1nnc2ccccn12. The highest BCUT2D eigenvalue weighted by atomic mass is 35.5. The molecule has 0 aliphatic carbocycles. The predicted octanol–water partition coefficient (Wildman–Crippen LogP) is 3.87. The van der Waals surface area contributed by atoms with Gasteiger partial charge in [-0.1, -0.05) is 17.7 Å². The van der Waals surface area contributed by atoms with E-state index in [-0.39, 0.29) is 24.3 Å². The van der Waals surface area contributed by atoms with Crippen LogP contribution in [0.1, 0.15) is 34.7 Å². The van der Waals surface area contributed by atoms with Gasteiger partial charge in [0.15, 0.2) is 23.9 Å². The summed E-state index contributed by atoms with van der Waals surface area (Å²) in [7, 11) is 0. The summed E-state index contributed by atoms with van der Waals surface area (Å²) in [6.07, 6.45) is 1.84. The van der Waals surface area contributed by atoms with Crippen molar-refractivity contribution in [2.45, 2.75) is 13.0 Å². The highest BCUT2D eigenvalue weighted by Crippen LogP contribution is 2.17. The fourth-order valence-corrected chi connectivity index (χ4v) is 3.25. The van der Waals surface area contributed by atoms with Crippen molar-refractivity contribution < 1.29 is 14.3 Å². The van der Waals surface area contributed by atoms with Gasteiger partial charge < -0.3 is 10.1 Å². The molecule has 2 heterocycles. The van der Waals surface area contributed by atoms with Crippen molar-refractivity contribution >= 4 is 28.9 Å². The lowest BCUT2D eigenvalue weighted by Gasteiger charge is -2.13. The molecule has 0 bridgehead atoms. The van der Waals surface area contributed by atoms with Gasteiger partial charge in [-0.25, -0.2) is 0 Å². The van der Waals surface area contributed by atoms with E-state index in [9.17, 15) is 9.59 Å². The number of aromatic nitrogens is 3. The van der Waals surface area contributed by atoms with E-state index in [0.717, 1.165) is 0 Å². The van der Waals surface area contributed by atoms with Crippen LogP contribution >= 0.6 is 11.6 Å². The first-order chi connectivity index (χ1) is 15.0. The molecule has 1 atom stereocenters. The summed E-state index contributed by atoms with van der Waals surface area (Å²) in [4.78, 5) is 24.8. The van der Waals surface area contributed by atoms with Crippen LogP contribution in [0.5, 0.6) is 5.75 Å². The molecule has 0 saturated heterocycles. The number of halogens is 1. The minimum atomic E-state index is -0.340. The van der Waals surface area contributed by atoms with Crippen molar-refractivity contribution in [3.8, 4) is 5.75 Å². The Morgan fingerprint density at radius 2 is 1.68 bits per heavy atom. The zero-order chi connectivity index (χ0) is 21.8. The quantitative estimate of drug-likeness (QED) is 0.446. The molecular weight excluding hydrogens is 416 g/mol. The van der Waals surface area contributed by atoms with Crippen LogP contribution in [-0.2, 0) is 4.79 Å². The number of benzene rings is 2. The molecule has 0 saturated carbocycles. The number of hydrogen-bond donors (Lipinski definition) is 1. The van der Waals surface area contributed by atoms with Gasteiger partial charge in [-0.3, -0.25) is 14.0 Å². The largest absolute Gasteiger partial charge is 0.484 e. The lowest BCUT2D eigenvalue weighted by molar-refractivity contribution is -0.123. The van der Waals surface area contributed by atoms with Crippen LogP contribution in [0.25, 0.3) is 5.65 Å². The van der Waals surface area contributed by atoms with Crippen LogP contribution in [0.2, 0.25) is 5.02 Å². The third-order valence-corrected chi connectivity index (χ3v) is 4.95. The molecule has 0 radical (unpaired) electrons. The Labute approximate surface area is 183 Å². The van der Waals surface area contributed by atoms with Gasteiger partial charge in [0.2, 0.25) is 0 Å². The number of carbonyl (C=O) groups is 2. The maximum Gasteiger partial charge on any atom is 0.258 e. The Bertz CT molecular complexity index is 1220. The van der Waals surface area contributed by atoms with Crippen molar-refractivity contribution in [1.82, 2.24) is 19.9 Å². The number of carbonyl (C=O) groups excluding carboxylic acids is 2. The molecule has 4 aromatic rings. The Hall–Kier alpha value is -3.71. The van der Waals surface area contributed by atoms with Crippen molar-refractivity contribution in [2.24, 2.45) is 0 Å². The van der Waals surface area contributed by atoms with E-state index in [1.165, 1.54) is 0 Å². The van der Waals surface area contributed by atoms with E-state index >= 15 is 0 Å². The molecule has 2 aromatic heterocycles. The summed E-state index contributed by atoms with van der Waals surface area (Å²) in [5.74, 6) is 0.717.